The predicted molar refractivity (Wildman–Crippen MR) is 80.6 cm³/mol. The molecule has 2 aliphatic carbocycles. The molecule has 2 rings (SSSR count). The average molecular weight is 250 g/mol. The normalized spacial score (nSPS) is 47.3. The van der Waals surface area contributed by atoms with E-state index in [1.54, 1.807) is 6.42 Å². The molecule has 0 aliphatic heterocycles. The molecule has 0 aromatic carbocycles. The first-order chi connectivity index (χ1) is 8.58. The molecule has 0 heteroatoms. The van der Waals surface area contributed by atoms with Gasteiger partial charge in [-0.2, -0.15) is 0 Å². The van der Waals surface area contributed by atoms with E-state index in [2.05, 4.69) is 27.7 Å². The minimum Gasteiger partial charge on any atom is -0.0623 e. The maximum absolute atomic E-state index is 2.51. The fraction of sp³-hybridized carbons (Fsp3) is 1.00. The molecule has 18 heavy (non-hydrogen) atoms. The summed E-state index contributed by atoms with van der Waals surface area (Å²) in [5, 5.41) is 0. The molecule has 0 nitrogen and oxygen atoms in total. The van der Waals surface area contributed by atoms with Crippen LogP contribution in [0.1, 0.15) is 79.1 Å². The highest BCUT2D eigenvalue weighted by Gasteiger charge is 2.37. The second-order valence-electron chi connectivity index (χ2n) is 7.76. The smallest absolute Gasteiger partial charge is 0.0380 e. The highest BCUT2D eigenvalue weighted by atomic mass is 14.4. The van der Waals surface area contributed by atoms with Crippen molar-refractivity contribution in [2.75, 3.05) is 0 Å². The van der Waals surface area contributed by atoms with Gasteiger partial charge in [0.25, 0.3) is 0 Å². The molecule has 0 amide bonds. The number of fused-ring (bicyclic) bond motifs is 1. The standard InChI is InChI=1S/C18H34/c1-13-7-5-8-15(3)16(4)11-18-12-17(18)10-6-9-14(13)2/h13-18H,5-12H2,1-4H3. The molecular weight excluding hydrogens is 216 g/mol. The summed E-state index contributed by atoms with van der Waals surface area (Å²) < 4.78 is 0. The van der Waals surface area contributed by atoms with Crippen LogP contribution < -0.4 is 0 Å². The summed E-state index contributed by atoms with van der Waals surface area (Å²) in [5.74, 6) is 6.04. The van der Waals surface area contributed by atoms with E-state index in [1.807, 2.05) is 0 Å². The lowest BCUT2D eigenvalue weighted by Gasteiger charge is -2.22. The molecule has 0 heterocycles. The van der Waals surface area contributed by atoms with Crippen LogP contribution in [0.5, 0.6) is 0 Å². The Morgan fingerprint density at radius 2 is 1.00 bits per heavy atom. The maximum atomic E-state index is 2.51. The van der Waals surface area contributed by atoms with Crippen LogP contribution in [0.4, 0.5) is 0 Å². The van der Waals surface area contributed by atoms with E-state index in [0.717, 1.165) is 35.5 Å². The van der Waals surface area contributed by atoms with Gasteiger partial charge in [0.1, 0.15) is 0 Å². The van der Waals surface area contributed by atoms with E-state index in [1.165, 1.54) is 44.9 Å². The van der Waals surface area contributed by atoms with Gasteiger partial charge in [0.15, 0.2) is 0 Å². The highest BCUT2D eigenvalue weighted by molar-refractivity contribution is 4.88. The summed E-state index contributed by atoms with van der Waals surface area (Å²) in [5.41, 5.74) is 0. The molecule has 106 valence electrons. The van der Waals surface area contributed by atoms with Gasteiger partial charge in [0.05, 0.1) is 0 Å². The maximum Gasteiger partial charge on any atom is -0.0380 e. The molecule has 6 unspecified atom stereocenters. The fourth-order valence-corrected chi connectivity index (χ4v) is 3.98. The predicted octanol–water partition coefficient (Wildman–Crippen LogP) is 5.91. The van der Waals surface area contributed by atoms with Crippen molar-refractivity contribution in [3.63, 3.8) is 0 Å². The van der Waals surface area contributed by atoms with Crippen LogP contribution in [0, 0.1) is 35.5 Å². The second-order valence-corrected chi connectivity index (χ2v) is 7.76. The number of hydrogen-bond donors (Lipinski definition) is 0. The summed E-state index contributed by atoms with van der Waals surface area (Å²) in [6, 6.07) is 0. The van der Waals surface area contributed by atoms with Gasteiger partial charge in [0.2, 0.25) is 0 Å². The lowest BCUT2D eigenvalue weighted by molar-refractivity contribution is 0.291. The first-order valence-electron chi connectivity index (χ1n) is 8.58. The third kappa shape index (κ3) is 4.00. The Balaban J connectivity index is 1.87. The Morgan fingerprint density at radius 3 is 1.61 bits per heavy atom. The zero-order valence-corrected chi connectivity index (χ0v) is 13.1. The van der Waals surface area contributed by atoms with Crippen LogP contribution in [-0.2, 0) is 0 Å². The zero-order chi connectivity index (χ0) is 13.1. The minimum absolute atomic E-state index is 0.947. The molecule has 6 atom stereocenters. The SMILES string of the molecule is CC1CCCC(C)C(C)CC2CC2CCCC1C. The molecule has 0 spiro atoms. The van der Waals surface area contributed by atoms with Crippen molar-refractivity contribution in [3.05, 3.63) is 0 Å². The van der Waals surface area contributed by atoms with Crippen molar-refractivity contribution in [2.45, 2.75) is 79.1 Å². The summed E-state index contributed by atoms with van der Waals surface area (Å²) in [7, 11) is 0. The Kier molecular flexibility index (Phi) is 5.15. The fourth-order valence-electron chi connectivity index (χ4n) is 3.98. The molecule has 0 aromatic rings. The average Bonchev–Trinajstić information content (AvgIpc) is 3.05. The quantitative estimate of drug-likeness (QED) is 0.501. The lowest BCUT2D eigenvalue weighted by Crippen LogP contribution is -2.11. The van der Waals surface area contributed by atoms with Crippen LogP contribution in [0.3, 0.4) is 0 Å². The molecule has 0 N–H and O–H groups in total. The van der Waals surface area contributed by atoms with E-state index in [9.17, 15) is 0 Å². The van der Waals surface area contributed by atoms with Gasteiger partial charge in [-0.05, 0) is 48.3 Å². The Hall–Kier alpha value is 0. The van der Waals surface area contributed by atoms with Crippen LogP contribution in [0.15, 0.2) is 0 Å². The van der Waals surface area contributed by atoms with E-state index < -0.39 is 0 Å². The molecular formula is C18H34. The molecule has 0 radical (unpaired) electrons. The Labute approximate surface area is 115 Å². The van der Waals surface area contributed by atoms with Crippen LogP contribution in [-0.4, -0.2) is 0 Å². The molecule has 0 bridgehead atoms. The van der Waals surface area contributed by atoms with Gasteiger partial charge in [-0.3, -0.25) is 0 Å². The largest absolute Gasteiger partial charge is 0.0623 e. The topological polar surface area (TPSA) is 0 Å². The zero-order valence-electron chi connectivity index (χ0n) is 13.1. The van der Waals surface area contributed by atoms with E-state index in [0.29, 0.717) is 0 Å². The van der Waals surface area contributed by atoms with Crippen molar-refractivity contribution < 1.29 is 0 Å². The Bertz CT molecular complexity index is 244. The Morgan fingerprint density at radius 1 is 0.500 bits per heavy atom. The van der Waals surface area contributed by atoms with Crippen LogP contribution >= 0.6 is 0 Å². The second kappa shape index (κ2) is 6.44. The first-order valence-corrected chi connectivity index (χ1v) is 8.58. The third-order valence-corrected chi connectivity index (χ3v) is 6.24. The van der Waals surface area contributed by atoms with Crippen LogP contribution in [0.2, 0.25) is 0 Å². The van der Waals surface area contributed by atoms with Crippen molar-refractivity contribution in [3.8, 4) is 0 Å². The lowest BCUT2D eigenvalue weighted by atomic mass is 9.84. The van der Waals surface area contributed by atoms with E-state index >= 15 is 0 Å². The first kappa shape index (κ1) is 14.4. The minimum atomic E-state index is 0.947. The molecule has 2 saturated carbocycles. The third-order valence-electron chi connectivity index (χ3n) is 6.24. The van der Waals surface area contributed by atoms with Crippen LogP contribution in [0.25, 0.3) is 0 Å². The van der Waals surface area contributed by atoms with Crippen molar-refractivity contribution in [2.24, 2.45) is 35.5 Å². The number of hydrogen-bond acceptors (Lipinski definition) is 0. The van der Waals surface area contributed by atoms with Gasteiger partial charge >= 0.3 is 0 Å². The molecule has 2 fully saturated rings. The van der Waals surface area contributed by atoms with Gasteiger partial charge in [-0.1, -0.05) is 66.2 Å². The summed E-state index contributed by atoms with van der Waals surface area (Å²) in [6.07, 6.45) is 12.0. The van der Waals surface area contributed by atoms with Gasteiger partial charge in [0, 0.05) is 0 Å². The summed E-state index contributed by atoms with van der Waals surface area (Å²) in [6.45, 7) is 9.97. The molecule has 0 aromatic heterocycles. The van der Waals surface area contributed by atoms with E-state index in [4.69, 9.17) is 0 Å². The monoisotopic (exact) mass is 250 g/mol. The van der Waals surface area contributed by atoms with Crippen molar-refractivity contribution >= 4 is 0 Å². The van der Waals surface area contributed by atoms with Crippen molar-refractivity contribution in [1.82, 2.24) is 0 Å². The van der Waals surface area contributed by atoms with Gasteiger partial charge < -0.3 is 0 Å². The van der Waals surface area contributed by atoms with Gasteiger partial charge in [-0.15, -0.1) is 0 Å². The van der Waals surface area contributed by atoms with Gasteiger partial charge in [-0.25, -0.2) is 0 Å². The molecule has 2 aliphatic rings. The van der Waals surface area contributed by atoms with E-state index in [-0.39, 0.29) is 0 Å². The highest BCUT2D eigenvalue weighted by Crippen LogP contribution is 2.48. The summed E-state index contributed by atoms with van der Waals surface area (Å²) >= 11 is 0. The molecule has 0 saturated heterocycles. The number of rotatable bonds is 0. The van der Waals surface area contributed by atoms with Crippen molar-refractivity contribution in [1.29, 1.82) is 0 Å². The summed E-state index contributed by atoms with van der Waals surface area (Å²) in [4.78, 5) is 0.